The molecule has 0 radical (unpaired) electrons. The number of aliphatic hydroxyl groups excluding tert-OH is 1. The summed E-state index contributed by atoms with van der Waals surface area (Å²) < 4.78 is 0. The van der Waals surface area contributed by atoms with Crippen LogP contribution >= 0.6 is 0 Å². The van der Waals surface area contributed by atoms with E-state index >= 15 is 0 Å². The lowest BCUT2D eigenvalue weighted by Gasteiger charge is -1.85. The first-order chi connectivity index (χ1) is 5.99. The number of hydrogen-bond donors (Lipinski definition) is 2. The van der Waals surface area contributed by atoms with Crippen LogP contribution < -0.4 is 0 Å². The minimum atomic E-state index is -0.745. The van der Waals surface area contributed by atoms with Gasteiger partial charge in [0.05, 0.1) is 0 Å². The molecule has 0 unspecified atom stereocenters. The molecule has 0 aliphatic heterocycles. The molecule has 0 bridgehead atoms. The summed E-state index contributed by atoms with van der Waals surface area (Å²) in [5, 5.41) is 16.5. The van der Waals surface area contributed by atoms with E-state index in [1.807, 2.05) is 0 Å². The first kappa shape index (κ1) is 11.7. The zero-order valence-electron chi connectivity index (χ0n) is 7.83. The molecule has 0 amide bonds. The SMILES string of the molecule is CC1=C(O)C(=O)CC1.CCC(=O)O. The van der Waals surface area contributed by atoms with Crippen LogP contribution in [0.5, 0.6) is 0 Å². The maximum Gasteiger partial charge on any atom is 0.303 e. The van der Waals surface area contributed by atoms with E-state index < -0.39 is 5.97 Å². The van der Waals surface area contributed by atoms with Gasteiger partial charge in [-0.25, -0.2) is 0 Å². The van der Waals surface area contributed by atoms with Crippen molar-refractivity contribution in [3.8, 4) is 0 Å². The van der Waals surface area contributed by atoms with Gasteiger partial charge in [0.1, 0.15) is 0 Å². The Morgan fingerprint density at radius 2 is 1.92 bits per heavy atom. The molecule has 13 heavy (non-hydrogen) atoms. The third kappa shape index (κ3) is 4.30. The van der Waals surface area contributed by atoms with Gasteiger partial charge in [-0.05, 0) is 18.9 Å². The Morgan fingerprint density at radius 1 is 1.46 bits per heavy atom. The number of aliphatic carboxylic acids is 1. The second kappa shape index (κ2) is 5.35. The fourth-order valence-electron chi connectivity index (χ4n) is 0.776. The predicted octanol–water partition coefficient (Wildman–Crippen LogP) is 1.66. The molecule has 1 aliphatic rings. The number of hydrogen-bond acceptors (Lipinski definition) is 3. The van der Waals surface area contributed by atoms with Crippen molar-refractivity contribution < 1.29 is 19.8 Å². The zero-order chi connectivity index (χ0) is 10.4. The molecule has 0 heterocycles. The molecule has 0 aromatic rings. The van der Waals surface area contributed by atoms with Crippen LogP contribution in [0.15, 0.2) is 11.3 Å². The molecule has 1 rings (SSSR count). The fraction of sp³-hybridized carbons (Fsp3) is 0.556. The van der Waals surface area contributed by atoms with Gasteiger partial charge in [0.15, 0.2) is 11.5 Å². The topological polar surface area (TPSA) is 74.6 Å². The van der Waals surface area contributed by atoms with Gasteiger partial charge >= 0.3 is 5.97 Å². The van der Waals surface area contributed by atoms with Crippen molar-refractivity contribution in [1.29, 1.82) is 0 Å². The monoisotopic (exact) mass is 186 g/mol. The van der Waals surface area contributed by atoms with Crippen LogP contribution in [0.25, 0.3) is 0 Å². The van der Waals surface area contributed by atoms with Crippen LogP contribution in [-0.4, -0.2) is 22.0 Å². The van der Waals surface area contributed by atoms with Crippen molar-refractivity contribution >= 4 is 11.8 Å². The van der Waals surface area contributed by atoms with E-state index in [2.05, 4.69) is 0 Å². The molecule has 0 aromatic carbocycles. The first-order valence-electron chi connectivity index (χ1n) is 4.12. The van der Waals surface area contributed by atoms with E-state index in [1.54, 1.807) is 13.8 Å². The number of Topliss-reactive ketones (excluding diaryl/α,β-unsaturated/α-hetero) is 1. The van der Waals surface area contributed by atoms with Gasteiger partial charge in [0, 0.05) is 12.8 Å². The van der Waals surface area contributed by atoms with Crippen molar-refractivity contribution in [2.45, 2.75) is 33.1 Å². The van der Waals surface area contributed by atoms with Gasteiger partial charge in [-0.1, -0.05) is 6.92 Å². The number of carboxylic acids is 1. The Bertz CT molecular complexity index is 240. The molecule has 0 aromatic heterocycles. The number of carbonyl (C=O) groups is 2. The highest BCUT2D eigenvalue weighted by atomic mass is 16.4. The van der Waals surface area contributed by atoms with Gasteiger partial charge in [-0.3, -0.25) is 9.59 Å². The van der Waals surface area contributed by atoms with Gasteiger partial charge < -0.3 is 10.2 Å². The standard InChI is InChI=1S/C6H8O2.C3H6O2/c1-4-2-3-5(7)6(4)8;1-2-3(4)5/h8H,2-3H2,1H3;2H2,1H3,(H,4,5). The van der Waals surface area contributed by atoms with Crippen LogP contribution in [-0.2, 0) is 9.59 Å². The Balaban J connectivity index is 0.000000252. The molecule has 1 aliphatic carbocycles. The van der Waals surface area contributed by atoms with E-state index in [9.17, 15) is 9.59 Å². The van der Waals surface area contributed by atoms with Crippen LogP contribution in [0.3, 0.4) is 0 Å². The normalized spacial score (nSPS) is 15.4. The van der Waals surface area contributed by atoms with Gasteiger partial charge in [0.2, 0.25) is 0 Å². The van der Waals surface area contributed by atoms with E-state index in [1.165, 1.54) is 0 Å². The summed E-state index contributed by atoms with van der Waals surface area (Å²) in [5.41, 5.74) is 0.829. The molecule has 0 spiro atoms. The predicted molar refractivity (Wildman–Crippen MR) is 47.5 cm³/mol. The van der Waals surface area contributed by atoms with Crippen LogP contribution in [0.4, 0.5) is 0 Å². The third-order valence-corrected chi connectivity index (χ3v) is 1.70. The summed E-state index contributed by atoms with van der Waals surface area (Å²) in [4.78, 5) is 19.8. The van der Waals surface area contributed by atoms with E-state index in [4.69, 9.17) is 10.2 Å². The molecular weight excluding hydrogens is 172 g/mol. The average Bonchev–Trinajstić information content (AvgIpc) is 2.37. The van der Waals surface area contributed by atoms with Crippen LogP contribution in [0, 0.1) is 0 Å². The van der Waals surface area contributed by atoms with E-state index in [0.717, 1.165) is 12.0 Å². The second-order valence-electron chi connectivity index (χ2n) is 2.80. The van der Waals surface area contributed by atoms with Crippen molar-refractivity contribution in [2.24, 2.45) is 0 Å². The summed E-state index contributed by atoms with van der Waals surface area (Å²) in [7, 11) is 0. The largest absolute Gasteiger partial charge is 0.504 e. The lowest BCUT2D eigenvalue weighted by molar-refractivity contribution is -0.136. The molecule has 0 saturated heterocycles. The molecule has 74 valence electrons. The van der Waals surface area contributed by atoms with Gasteiger partial charge in [-0.15, -0.1) is 0 Å². The smallest absolute Gasteiger partial charge is 0.303 e. The molecule has 2 N–H and O–H groups in total. The van der Waals surface area contributed by atoms with Crippen molar-refractivity contribution in [3.05, 3.63) is 11.3 Å². The number of ketones is 1. The zero-order valence-corrected chi connectivity index (χ0v) is 7.83. The summed E-state index contributed by atoms with van der Waals surface area (Å²) in [6.07, 6.45) is 1.46. The summed E-state index contributed by atoms with van der Waals surface area (Å²) in [6.45, 7) is 3.38. The van der Waals surface area contributed by atoms with E-state index in [-0.39, 0.29) is 18.0 Å². The number of allylic oxidation sites excluding steroid dienone is 2. The third-order valence-electron chi connectivity index (χ3n) is 1.70. The fourth-order valence-corrected chi connectivity index (χ4v) is 0.776. The number of aliphatic hydroxyl groups is 1. The minimum absolute atomic E-state index is 0.00926. The molecule has 4 nitrogen and oxygen atoms in total. The maximum atomic E-state index is 10.5. The van der Waals surface area contributed by atoms with Crippen molar-refractivity contribution in [1.82, 2.24) is 0 Å². The molecule has 4 heteroatoms. The number of carbonyl (C=O) groups excluding carboxylic acids is 1. The van der Waals surface area contributed by atoms with Crippen LogP contribution in [0.2, 0.25) is 0 Å². The van der Waals surface area contributed by atoms with Gasteiger partial charge in [0.25, 0.3) is 0 Å². The highest BCUT2D eigenvalue weighted by Gasteiger charge is 2.17. The summed E-state index contributed by atoms with van der Waals surface area (Å²) in [5.74, 6) is -0.863. The minimum Gasteiger partial charge on any atom is -0.504 e. The van der Waals surface area contributed by atoms with Crippen molar-refractivity contribution in [3.63, 3.8) is 0 Å². The van der Waals surface area contributed by atoms with Gasteiger partial charge in [-0.2, -0.15) is 0 Å². The summed E-state index contributed by atoms with van der Waals surface area (Å²) >= 11 is 0. The van der Waals surface area contributed by atoms with Crippen LogP contribution in [0.1, 0.15) is 33.1 Å². The highest BCUT2D eigenvalue weighted by molar-refractivity contribution is 5.96. The maximum absolute atomic E-state index is 10.5. The molecule has 0 saturated carbocycles. The lowest BCUT2D eigenvalue weighted by Crippen LogP contribution is -1.92. The van der Waals surface area contributed by atoms with Crippen molar-refractivity contribution in [2.75, 3.05) is 0 Å². The molecular formula is C9H14O4. The average molecular weight is 186 g/mol. The Morgan fingerprint density at radius 3 is 2.00 bits per heavy atom. The lowest BCUT2D eigenvalue weighted by atomic mass is 10.3. The number of carboxylic acid groups (broad SMARTS) is 1. The number of rotatable bonds is 1. The molecule has 0 atom stereocenters. The first-order valence-corrected chi connectivity index (χ1v) is 4.12. The highest BCUT2D eigenvalue weighted by Crippen LogP contribution is 2.18. The van der Waals surface area contributed by atoms with E-state index in [0.29, 0.717) is 6.42 Å². The molecule has 0 fully saturated rings. The Kier molecular flexibility index (Phi) is 4.80. The summed E-state index contributed by atoms with van der Waals surface area (Å²) in [6, 6.07) is 0. The second-order valence-corrected chi connectivity index (χ2v) is 2.80. The quantitative estimate of drug-likeness (QED) is 0.653. The Labute approximate surface area is 76.9 Å². The Hall–Kier alpha value is -1.32.